The predicted octanol–water partition coefficient (Wildman–Crippen LogP) is 3.38. The highest BCUT2D eigenvalue weighted by atomic mass is 35.5. The van der Waals surface area contributed by atoms with E-state index in [1.54, 1.807) is 43.3 Å². The summed E-state index contributed by atoms with van der Waals surface area (Å²) in [4.78, 5) is 0.0238. The van der Waals surface area contributed by atoms with Crippen LogP contribution in [0.5, 0.6) is 0 Å². The third-order valence-electron chi connectivity index (χ3n) is 4.22. The molecule has 2 aromatic rings. The van der Waals surface area contributed by atoms with Crippen LogP contribution in [0.2, 0.25) is 5.02 Å². The average Bonchev–Trinajstić information content (AvgIpc) is 2.57. The van der Waals surface area contributed by atoms with E-state index < -0.39 is 20.0 Å². The van der Waals surface area contributed by atoms with Gasteiger partial charge in [-0.1, -0.05) is 29.8 Å². The number of benzene rings is 2. The summed E-state index contributed by atoms with van der Waals surface area (Å²) in [6.45, 7) is 2.01. The number of para-hydroxylation sites is 1. The average molecular weight is 415 g/mol. The molecule has 2 aromatic carbocycles. The van der Waals surface area contributed by atoms with Crippen LogP contribution in [-0.4, -0.2) is 29.1 Å². The summed E-state index contributed by atoms with van der Waals surface area (Å²) in [5, 5.41) is 0.281. The van der Waals surface area contributed by atoms with E-state index >= 15 is 0 Å². The summed E-state index contributed by atoms with van der Waals surface area (Å²) in [6, 6.07) is 11.2. The Kier molecular flexibility index (Phi) is 5.18. The number of sulfonamides is 2. The number of nitrogens with zero attached hydrogens (tertiary/aromatic N) is 1. The first kappa shape index (κ1) is 19.0. The van der Waals surface area contributed by atoms with E-state index in [1.807, 2.05) is 0 Å². The molecule has 3 rings (SSSR count). The summed E-state index contributed by atoms with van der Waals surface area (Å²) < 4.78 is 54.0. The monoisotopic (exact) mass is 414 g/mol. The van der Waals surface area contributed by atoms with Crippen LogP contribution in [-0.2, 0) is 20.0 Å². The van der Waals surface area contributed by atoms with Crippen LogP contribution >= 0.6 is 11.6 Å². The van der Waals surface area contributed by atoms with Crippen LogP contribution in [0.1, 0.15) is 18.4 Å². The first-order valence-corrected chi connectivity index (χ1v) is 11.6. The zero-order valence-corrected chi connectivity index (χ0v) is 16.5. The molecule has 1 aliphatic heterocycles. The molecule has 1 saturated heterocycles. The molecule has 0 aliphatic carbocycles. The van der Waals surface area contributed by atoms with E-state index in [-0.39, 0.29) is 21.4 Å². The van der Waals surface area contributed by atoms with E-state index in [2.05, 4.69) is 4.72 Å². The van der Waals surface area contributed by atoms with Crippen LogP contribution < -0.4 is 9.03 Å². The van der Waals surface area contributed by atoms with Gasteiger partial charge in [0.05, 0.1) is 27.0 Å². The second kappa shape index (κ2) is 7.09. The first-order chi connectivity index (χ1) is 12.2. The highest BCUT2D eigenvalue weighted by Gasteiger charge is 2.28. The fourth-order valence-electron chi connectivity index (χ4n) is 2.86. The quantitative estimate of drug-likeness (QED) is 0.831. The zero-order chi connectivity index (χ0) is 18.9. The van der Waals surface area contributed by atoms with E-state index in [9.17, 15) is 16.8 Å². The van der Waals surface area contributed by atoms with Crippen molar-refractivity contribution in [1.29, 1.82) is 0 Å². The molecule has 1 fully saturated rings. The van der Waals surface area contributed by atoms with Gasteiger partial charge in [0.15, 0.2) is 0 Å². The normalized spacial score (nSPS) is 17.1. The Bertz CT molecular complexity index is 1040. The fraction of sp³-hybridized carbons (Fsp3) is 0.294. The molecule has 0 aromatic heterocycles. The Labute approximate surface area is 158 Å². The molecule has 0 saturated carbocycles. The molecule has 0 atom stereocenters. The van der Waals surface area contributed by atoms with Crippen LogP contribution in [0.3, 0.4) is 0 Å². The summed E-state index contributed by atoms with van der Waals surface area (Å²) in [7, 11) is -7.34. The van der Waals surface area contributed by atoms with Crippen molar-refractivity contribution in [2.45, 2.75) is 24.7 Å². The van der Waals surface area contributed by atoms with Crippen molar-refractivity contribution in [3.8, 4) is 0 Å². The van der Waals surface area contributed by atoms with Gasteiger partial charge in [0.2, 0.25) is 10.0 Å². The van der Waals surface area contributed by atoms with Crippen molar-refractivity contribution in [2.75, 3.05) is 21.3 Å². The van der Waals surface area contributed by atoms with Gasteiger partial charge in [0.25, 0.3) is 10.0 Å². The van der Waals surface area contributed by atoms with E-state index in [1.165, 1.54) is 10.4 Å². The Balaban J connectivity index is 2.01. The number of aryl methyl sites for hydroxylation is 1. The Morgan fingerprint density at radius 1 is 1.12 bits per heavy atom. The number of anilines is 2. The molecule has 1 heterocycles. The molecule has 0 amide bonds. The highest BCUT2D eigenvalue weighted by molar-refractivity contribution is 7.93. The molecule has 6 nitrogen and oxygen atoms in total. The topological polar surface area (TPSA) is 83.6 Å². The standard InChI is InChI=1S/C17H19ClN2O4S2/c1-13-8-9-14(20-10-4-5-11-25(20,21)22)12-17(13)26(23,24)19-16-7-3-2-6-15(16)18/h2-3,6-9,12,19H,4-5,10-11H2,1H3. The molecule has 0 spiro atoms. The SMILES string of the molecule is Cc1ccc(N2CCCCS2(=O)=O)cc1S(=O)(=O)Nc1ccccc1Cl. The zero-order valence-electron chi connectivity index (χ0n) is 14.1. The lowest BCUT2D eigenvalue weighted by molar-refractivity contribution is 0.574. The number of rotatable bonds is 4. The molecule has 1 N–H and O–H groups in total. The Hall–Kier alpha value is -1.77. The molecular formula is C17H19ClN2O4S2. The lowest BCUT2D eigenvalue weighted by Gasteiger charge is -2.28. The summed E-state index contributed by atoms with van der Waals surface area (Å²) in [5.74, 6) is 0.0703. The maximum atomic E-state index is 12.8. The van der Waals surface area contributed by atoms with E-state index in [0.29, 0.717) is 24.2 Å². The minimum atomic E-state index is -3.92. The number of hydrogen-bond donors (Lipinski definition) is 1. The lowest BCUT2D eigenvalue weighted by Crippen LogP contribution is -2.38. The van der Waals surface area contributed by atoms with Gasteiger partial charge in [-0.3, -0.25) is 9.03 Å². The second-order valence-corrected chi connectivity index (χ2v) is 10.2. The third-order valence-corrected chi connectivity index (χ3v) is 7.92. The molecule has 0 bridgehead atoms. The largest absolute Gasteiger partial charge is 0.278 e. The van der Waals surface area contributed by atoms with Crippen molar-refractivity contribution < 1.29 is 16.8 Å². The van der Waals surface area contributed by atoms with Crippen molar-refractivity contribution >= 4 is 43.0 Å². The van der Waals surface area contributed by atoms with Crippen LogP contribution in [0.4, 0.5) is 11.4 Å². The summed E-state index contributed by atoms with van der Waals surface area (Å²) in [5.41, 5.74) is 1.14. The van der Waals surface area contributed by atoms with Crippen molar-refractivity contribution in [2.24, 2.45) is 0 Å². The maximum absolute atomic E-state index is 12.8. The number of halogens is 1. The van der Waals surface area contributed by atoms with Crippen LogP contribution in [0.15, 0.2) is 47.4 Å². The van der Waals surface area contributed by atoms with Gasteiger partial charge < -0.3 is 0 Å². The van der Waals surface area contributed by atoms with Gasteiger partial charge in [-0.2, -0.15) is 0 Å². The molecule has 9 heteroatoms. The summed E-state index contributed by atoms with van der Waals surface area (Å²) >= 11 is 6.03. The highest BCUT2D eigenvalue weighted by Crippen LogP contribution is 2.30. The van der Waals surface area contributed by atoms with Gasteiger partial charge in [0, 0.05) is 6.54 Å². The maximum Gasteiger partial charge on any atom is 0.262 e. The minimum Gasteiger partial charge on any atom is -0.278 e. The van der Waals surface area contributed by atoms with Crippen molar-refractivity contribution in [1.82, 2.24) is 0 Å². The van der Waals surface area contributed by atoms with Crippen molar-refractivity contribution in [3.63, 3.8) is 0 Å². The Morgan fingerprint density at radius 3 is 2.54 bits per heavy atom. The van der Waals surface area contributed by atoms with Crippen LogP contribution in [0, 0.1) is 6.92 Å². The molecular weight excluding hydrogens is 396 g/mol. The molecule has 0 unspecified atom stereocenters. The number of nitrogens with one attached hydrogen (secondary N) is 1. The molecule has 140 valence electrons. The van der Waals surface area contributed by atoms with E-state index in [4.69, 9.17) is 11.6 Å². The van der Waals surface area contributed by atoms with Gasteiger partial charge in [-0.15, -0.1) is 0 Å². The molecule has 0 radical (unpaired) electrons. The fourth-order valence-corrected chi connectivity index (χ4v) is 6.07. The summed E-state index contributed by atoms with van der Waals surface area (Å²) in [6.07, 6.45) is 1.36. The molecule has 26 heavy (non-hydrogen) atoms. The molecule has 1 aliphatic rings. The third kappa shape index (κ3) is 3.82. The first-order valence-electron chi connectivity index (χ1n) is 8.09. The predicted molar refractivity (Wildman–Crippen MR) is 104 cm³/mol. The number of hydrogen-bond acceptors (Lipinski definition) is 4. The van der Waals surface area contributed by atoms with Gasteiger partial charge in [-0.05, 0) is 49.6 Å². The minimum absolute atomic E-state index is 0.0238. The van der Waals surface area contributed by atoms with Crippen LogP contribution in [0.25, 0.3) is 0 Å². The van der Waals surface area contributed by atoms with Gasteiger partial charge >= 0.3 is 0 Å². The second-order valence-electron chi connectivity index (χ2n) is 6.13. The van der Waals surface area contributed by atoms with Gasteiger partial charge in [0.1, 0.15) is 0 Å². The lowest BCUT2D eigenvalue weighted by atomic mass is 10.2. The Morgan fingerprint density at radius 2 is 1.85 bits per heavy atom. The van der Waals surface area contributed by atoms with Crippen molar-refractivity contribution in [3.05, 3.63) is 53.1 Å². The smallest absolute Gasteiger partial charge is 0.262 e. The van der Waals surface area contributed by atoms with E-state index in [0.717, 1.165) is 6.42 Å². The van der Waals surface area contributed by atoms with Gasteiger partial charge in [-0.25, -0.2) is 16.8 Å².